The van der Waals surface area contributed by atoms with Gasteiger partial charge in [0.2, 0.25) is 0 Å². The standard InChI is InChI=1S/C11H16NO2.ClHO4/c1-10(13)14-12(2,3)9-11-7-5-4-6-8-11;2-1(3,4)5/h4-8H,9H2,1-3H3;(H,2,3,4,5)/q+1;/p-1. The maximum Gasteiger partial charge on any atom is 0.363 e. The van der Waals surface area contributed by atoms with Gasteiger partial charge in [0, 0.05) is 12.5 Å². The SMILES string of the molecule is CC(=O)O[N+](C)(C)Cc1ccccc1.[O-][Cl+3]([O-])([O-])[O-]. The molecule has 8 heteroatoms. The van der Waals surface area contributed by atoms with Crippen molar-refractivity contribution < 1.29 is 43.2 Å². The molecule has 0 aliphatic heterocycles. The van der Waals surface area contributed by atoms with E-state index in [1.807, 2.05) is 44.4 Å². The summed E-state index contributed by atoms with van der Waals surface area (Å²) in [6.07, 6.45) is 0. The quantitative estimate of drug-likeness (QED) is 0.432. The molecule has 0 unspecified atom stereocenters. The van der Waals surface area contributed by atoms with E-state index < -0.39 is 10.2 Å². The van der Waals surface area contributed by atoms with Gasteiger partial charge in [-0.3, -0.25) is 4.84 Å². The second kappa shape index (κ2) is 7.39. The first-order chi connectivity index (χ1) is 8.49. The summed E-state index contributed by atoms with van der Waals surface area (Å²) in [5.74, 6) is -0.258. The lowest BCUT2D eigenvalue weighted by Gasteiger charge is -2.25. The Labute approximate surface area is 113 Å². The average Bonchev–Trinajstić information content (AvgIpc) is 2.12. The van der Waals surface area contributed by atoms with Crippen molar-refractivity contribution in [3.63, 3.8) is 0 Å². The van der Waals surface area contributed by atoms with E-state index >= 15 is 0 Å². The van der Waals surface area contributed by atoms with Crippen LogP contribution in [0.15, 0.2) is 30.3 Å². The summed E-state index contributed by atoms with van der Waals surface area (Å²) < 4.78 is 34.2. The number of quaternary nitrogens is 1. The van der Waals surface area contributed by atoms with Crippen LogP contribution >= 0.6 is 0 Å². The number of carbonyl (C=O) groups excluding carboxylic acids is 1. The Balaban J connectivity index is 0.000000555. The molecule has 0 spiro atoms. The molecule has 0 fully saturated rings. The molecule has 7 nitrogen and oxygen atoms in total. The minimum atomic E-state index is -4.94. The van der Waals surface area contributed by atoms with Gasteiger partial charge in [-0.2, -0.15) is 0 Å². The zero-order chi connectivity index (χ0) is 15.1. The van der Waals surface area contributed by atoms with E-state index in [0.29, 0.717) is 6.54 Å². The molecule has 0 saturated carbocycles. The molecule has 0 heterocycles. The van der Waals surface area contributed by atoms with Gasteiger partial charge in [-0.1, -0.05) is 30.3 Å². The fourth-order valence-electron chi connectivity index (χ4n) is 1.40. The Morgan fingerprint density at radius 2 is 1.58 bits per heavy atom. The fraction of sp³-hybridized carbons (Fsp3) is 0.364. The first-order valence-corrected chi connectivity index (χ1v) is 6.42. The largest absolute Gasteiger partial charge is 0.363 e. The van der Waals surface area contributed by atoms with Crippen LogP contribution in [0, 0.1) is 10.2 Å². The van der Waals surface area contributed by atoms with Crippen LogP contribution in [0.25, 0.3) is 0 Å². The highest BCUT2D eigenvalue weighted by Gasteiger charge is 2.20. The lowest BCUT2D eigenvalue weighted by Crippen LogP contribution is -2.68. The Hall–Kier alpha value is -1.22. The maximum atomic E-state index is 10.8. The van der Waals surface area contributed by atoms with Gasteiger partial charge in [0.15, 0.2) is 0 Å². The second-order valence-corrected chi connectivity index (χ2v) is 4.93. The van der Waals surface area contributed by atoms with E-state index in [1.165, 1.54) is 6.92 Å². The third-order valence-electron chi connectivity index (χ3n) is 1.78. The minimum Gasteiger partial charge on any atom is -0.277 e. The third kappa shape index (κ3) is 13.0. The molecule has 1 aromatic rings. The molecule has 0 bridgehead atoms. The number of hydroxylamine groups is 3. The molecule has 0 aliphatic rings. The van der Waals surface area contributed by atoms with Crippen molar-refractivity contribution >= 4 is 5.97 Å². The van der Waals surface area contributed by atoms with Crippen LogP contribution in [0.5, 0.6) is 0 Å². The number of carbonyl (C=O) groups is 1. The number of benzene rings is 1. The summed E-state index contributed by atoms with van der Waals surface area (Å²) in [5.41, 5.74) is 1.15. The second-order valence-electron chi connectivity index (χ2n) is 4.18. The van der Waals surface area contributed by atoms with Gasteiger partial charge in [0.1, 0.15) is 20.6 Å². The fourth-order valence-corrected chi connectivity index (χ4v) is 1.40. The van der Waals surface area contributed by atoms with Crippen molar-refractivity contribution in [3.05, 3.63) is 35.9 Å². The topological polar surface area (TPSA) is 119 Å². The summed E-state index contributed by atoms with van der Waals surface area (Å²) in [4.78, 5) is 16.0. The molecule has 1 rings (SSSR count). The minimum absolute atomic E-state index is 0.222. The molecule has 1 aromatic carbocycles. The smallest absolute Gasteiger partial charge is 0.277 e. The Kier molecular flexibility index (Phi) is 6.91. The summed E-state index contributed by atoms with van der Waals surface area (Å²) in [7, 11) is -1.23. The molecule has 0 aromatic heterocycles. The van der Waals surface area contributed by atoms with Gasteiger partial charge >= 0.3 is 5.97 Å². The number of nitrogens with zero attached hydrogens (tertiary/aromatic N) is 1. The molecule has 108 valence electrons. The van der Waals surface area contributed by atoms with Crippen LogP contribution in [-0.2, 0) is 16.2 Å². The molecule has 0 radical (unpaired) electrons. The van der Waals surface area contributed by atoms with Crippen LogP contribution in [0.3, 0.4) is 0 Å². The monoisotopic (exact) mass is 293 g/mol. The van der Waals surface area contributed by atoms with Crippen LogP contribution in [0.2, 0.25) is 0 Å². The van der Waals surface area contributed by atoms with E-state index in [1.54, 1.807) is 0 Å². The zero-order valence-corrected chi connectivity index (χ0v) is 11.6. The van der Waals surface area contributed by atoms with Gasteiger partial charge in [-0.05, 0) is 0 Å². The van der Waals surface area contributed by atoms with Crippen LogP contribution in [0.1, 0.15) is 12.5 Å². The van der Waals surface area contributed by atoms with Gasteiger partial charge in [-0.15, -0.1) is 14.9 Å². The molecule has 19 heavy (non-hydrogen) atoms. The Morgan fingerprint density at radius 1 is 1.16 bits per heavy atom. The van der Waals surface area contributed by atoms with Gasteiger partial charge in [0.05, 0.1) is 0 Å². The molecular formula is C11H16ClNO6. The van der Waals surface area contributed by atoms with Crippen molar-refractivity contribution in [1.29, 1.82) is 0 Å². The highest BCUT2D eigenvalue weighted by Crippen LogP contribution is 2.09. The molecule has 0 aliphatic carbocycles. The van der Waals surface area contributed by atoms with Crippen LogP contribution in [0.4, 0.5) is 0 Å². The van der Waals surface area contributed by atoms with E-state index in [4.69, 9.17) is 23.5 Å². The van der Waals surface area contributed by atoms with Crippen LogP contribution in [-0.4, -0.2) is 24.7 Å². The summed E-state index contributed by atoms with van der Waals surface area (Å²) in [6.45, 7) is 2.10. The summed E-state index contributed by atoms with van der Waals surface area (Å²) in [5, 5.41) is 0. The predicted octanol–water partition coefficient (Wildman–Crippen LogP) is -3.01. The first-order valence-electron chi connectivity index (χ1n) is 5.18. The van der Waals surface area contributed by atoms with Gasteiger partial charge in [-0.25, -0.2) is 23.4 Å². The number of rotatable bonds is 3. The average molecular weight is 294 g/mol. The lowest BCUT2D eigenvalue weighted by molar-refractivity contribution is -2.00. The summed E-state index contributed by atoms with van der Waals surface area (Å²) in [6, 6.07) is 9.95. The van der Waals surface area contributed by atoms with E-state index in [-0.39, 0.29) is 10.6 Å². The van der Waals surface area contributed by atoms with E-state index in [2.05, 4.69) is 0 Å². The molecule has 0 saturated heterocycles. The van der Waals surface area contributed by atoms with Crippen molar-refractivity contribution in [2.75, 3.05) is 14.1 Å². The lowest BCUT2D eigenvalue weighted by atomic mass is 10.2. The van der Waals surface area contributed by atoms with Crippen molar-refractivity contribution in [2.45, 2.75) is 13.5 Å². The van der Waals surface area contributed by atoms with Gasteiger partial charge in [0.25, 0.3) is 0 Å². The summed E-state index contributed by atoms with van der Waals surface area (Å²) >= 11 is 0. The van der Waals surface area contributed by atoms with Crippen LogP contribution < -0.4 is 18.6 Å². The molecule has 0 atom stereocenters. The van der Waals surface area contributed by atoms with Crippen molar-refractivity contribution in [3.8, 4) is 0 Å². The maximum absolute atomic E-state index is 10.8. The highest BCUT2D eigenvalue weighted by molar-refractivity contribution is 5.65. The molecule has 0 N–H and O–H groups in total. The number of halogens is 1. The van der Waals surface area contributed by atoms with E-state index in [0.717, 1.165) is 5.56 Å². The highest BCUT2D eigenvalue weighted by atomic mass is 35.7. The Bertz CT molecular complexity index is 384. The number of hydrogen-bond acceptors (Lipinski definition) is 6. The molecular weight excluding hydrogens is 278 g/mol. The zero-order valence-electron chi connectivity index (χ0n) is 10.9. The Morgan fingerprint density at radius 3 is 1.95 bits per heavy atom. The van der Waals surface area contributed by atoms with E-state index in [9.17, 15) is 4.79 Å². The van der Waals surface area contributed by atoms with Gasteiger partial charge < -0.3 is 0 Å². The van der Waals surface area contributed by atoms with Crippen molar-refractivity contribution in [1.82, 2.24) is 0 Å². The predicted molar refractivity (Wildman–Crippen MR) is 54.0 cm³/mol. The molecule has 0 amide bonds. The van der Waals surface area contributed by atoms with Crippen molar-refractivity contribution in [2.24, 2.45) is 0 Å². The number of hydrogen-bond donors (Lipinski definition) is 0. The normalized spacial score (nSPS) is 11.3. The third-order valence-corrected chi connectivity index (χ3v) is 1.78. The first kappa shape index (κ1) is 17.8.